The van der Waals surface area contributed by atoms with E-state index in [9.17, 15) is 0 Å². The fraction of sp³-hybridized carbons (Fsp3) is 0.750. The lowest BCUT2D eigenvalue weighted by Gasteiger charge is -2.17. The molecule has 0 spiro atoms. The number of aromatic nitrogens is 1. The van der Waals surface area contributed by atoms with E-state index in [1.807, 2.05) is 6.92 Å². The van der Waals surface area contributed by atoms with Gasteiger partial charge in [-0.3, -0.25) is 0 Å². The maximum Gasteiger partial charge on any atom is 0.0940 e. The minimum absolute atomic E-state index is 0.0336. The first-order valence-corrected chi connectivity index (χ1v) is 6.76. The lowest BCUT2D eigenvalue weighted by atomic mass is 10.0. The van der Waals surface area contributed by atoms with Crippen LogP contribution in [0.15, 0.2) is 5.38 Å². The molecule has 0 atom stereocenters. The molecule has 0 saturated heterocycles. The van der Waals surface area contributed by atoms with Gasteiger partial charge in [-0.25, -0.2) is 4.98 Å². The molecule has 0 aromatic carbocycles. The van der Waals surface area contributed by atoms with Crippen molar-refractivity contribution in [1.82, 2.24) is 10.3 Å². The van der Waals surface area contributed by atoms with Crippen molar-refractivity contribution < 1.29 is 0 Å². The van der Waals surface area contributed by atoms with Crippen molar-refractivity contribution in [1.29, 1.82) is 0 Å². The maximum atomic E-state index is 5.91. The van der Waals surface area contributed by atoms with Crippen molar-refractivity contribution in [3.63, 3.8) is 0 Å². The van der Waals surface area contributed by atoms with Crippen molar-refractivity contribution in [3.8, 4) is 0 Å². The molecule has 0 aliphatic rings. The topological polar surface area (TPSA) is 50.9 Å². The molecule has 1 rings (SSSR count). The fourth-order valence-electron chi connectivity index (χ4n) is 1.51. The van der Waals surface area contributed by atoms with Crippen LogP contribution in [0.1, 0.15) is 37.4 Å². The molecule has 3 N–H and O–H groups in total. The second kappa shape index (κ2) is 6.33. The Morgan fingerprint density at radius 2 is 2.19 bits per heavy atom. The molecule has 3 nitrogen and oxygen atoms in total. The average Bonchev–Trinajstić information content (AvgIpc) is 2.56. The van der Waals surface area contributed by atoms with Gasteiger partial charge in [-0.1, -0.05) is 0 Å². The van der Waals surface area contributed by atoms with Crippen molar-refractivity contribution in [3.05, 3.63) is 16.1 Å². The summed E-state index contributed by atoms with van der Waals surface area (Å²) in [5, 5.41) is 6.76. The van der Waals surface area contributed by atoms with Gasteiger partial charge in [-0.2, -0.15) is 0 Å². The quantitative estimate of drug-likeness (QED) is 0.719. The van der Waals surface area contributed by atoms with Crippen molar-refractivity contribution >= 4 is 11.3 Å². The highest BCUT2D eigenvalue weighted by Crippen LogP contribution is 2.08. The zero-order valence-electron chi connectivity index (χ0n) is 10.5. The molecule has 0 aliphatic carbocycles. The highest BCUT2D eigenvalue weighted by atomic mass is 32.1. The Morgan fingerprint density at radius 1 is 1.44 bits per heavy atom. The zero-order chi connectivity index (χ0) is 12.0. The third-order valence-electron chi connectivity index (χ3n) is 2.36. The van der Waals surface area contributed by atoms with Gasteiger partial charge in [0.25, 0.3) is 0 Å². The van der Waals surface area contributed by atoms with E-state index in [4.69, 9.17) is 5.73 Å². The molecular weight excluding hydrogens is 218 g/mol. The van der Waals surface area contributed by atoms with Crippen LogP contribution in [0.25, 0.3) is 0 Å². The second-order valence-corrected chi connectivity index (χ2v) is 5.92. The molecule has 0 bridgehead atoms. The van der Waals surface area contributed by atoms with E-state index < -0.39 is 0 Å². The summed E-state index contributed by atoms with van der Waals surface area (Å²) in [5.74, 6) is 0. The Balaban J connectivity index is 2.00. The number of hydrogen-bond acceptors (Lipinski definition) is 4. The molecule has 0 aliphatic heterocycles. The van der Waals surface area contributed by atoms with Gasteiger partial charge in [0.2, 0.25) is 0 Å². The summed E-state index contributed by atoms with van der Waals surface area (Å²) in [6, 6.07) is 0. The number of nitrogens with two attached hydrogens (primary N) is 1. The van der Waals surface area contributed by atoms with Crippen LogP contribution in [0.2, 0.25) is 0 Å². The van der Waals surface area contributed by atoms with Gasteiger partial charge < -0.3 is 11.1 Å². The first kappa shape index (κ1) is 13.6. The SMILES string of the molecule is Cc1csc(CCNCCCC(C)(C)N)n1. The number of thiazole rings is 1. The summed E-state index contributed by atoms with van der Waals surface area (Å²) < 4.78 is 0. The van der Waals surface area contributed by atoms with Crippen LogP contribution in [-0.2, 0) is 6.42 Å². The fourth-order valence-corrected chi connectivity index (χ4v) is 2.28. The van der Waals surface area contributed by atoms with E-state index in [0.717, 1.165) is 38.0 Å². The van der Waals surface area contributed by atoms with Crippen LogP contribution in [-0.4, -0.2) is 23.6 Å². The van der Waals surface area contributed by atoms with Gasteiger partial charge in [0.05, 0.1) is 5.01 Å². The smallest absolute Gasteiger partial charge is 0.0940 e. The lowest BCUT2D eigenvalue weighted by molar-refractivity contribution is 0.449. The van der Waals surface area contributed by atoms with Gasteiger partial charge in [0, 0.05) is 29.6 Å². The van der Waals surface area contributed by atoms with Crippen LogP contribution in [0, 0.1) is 6.92 Å². The Morgan fingerprint density at radius 3 is 2.75 bits per heavy atom. The zero-order valence-corrected chi connectivity index (χ0v) is 11.4. The first-order chi connectivity index (χ1) is 7.47. The molecule has 16 heavy (non-hydrogen) atoms. The Hall–Kier alpha value is -0.450. The normalized spacial score (nSPS) is 12.0. The van der Waals surface area contributed by atoms with Gasteiger partial charge >= 0.3 is 0 Å². The Bertz CT molecular complexity index is 301. The molecule has 0 amide bonds. The summed E-state index contributed by atoms with van der Waals surface area (Å²) in [6.07, 6.45) is 3.24. The average molecular weight is 241 g/mol. The minimum Gasteiger partial charge on any atom is -0.326 e. The van der Waals surface area contributed by atoms with Crippen LogP contribution in [0.5, 0.6) is 0 Å². The van der Waals surface area contributed by atoms with E-state index in [1.54, 1.807) is 11.3 Å². The van der Waals surface area contributed by atoms with Gasteiger partial charge in [-0.05, 0) is 40.2 Å². The summed E-state index contributed by atoms with van der Waals surface area (Å²) in [5.41, 5.74) is 7.00. The molecular formula is C12H23N3S. The molecule has 0 saturated carbocycles. The molecule has 1 aromatic heterocycles. The largest absolute Gasteiger partial charge is 0.326 e. The van der Waals surface area contributed by atoms with Crippen LogP contribution >= 0.6 is 11.3 Å². The summed E-state index contributed by atoms with van der Waals surface area (Å²) in [7, 11) is 0. The second-order valence-electron chi connectivity index (χ2n) is 4.97. The number of nitrogens with one attached hydrogen (secondary N) is 1. The molecule has 0 unspecified atom stereocenters. The summed E-state index contributed by atoms with van der Waals surface area (Å²) in [6.45, 7) is 8.25. The Labute approximate surface area is 102 Å². The van der Waals surface area contributed by atoms with Crippen LogP contribution in [0.4, 0.5) is 0 Å². The minimum atomic E-state index is -0.0336. The third-order valence-corrected chi connectivity index (χ3v) is 3.38. The van der Waals surface area contributed by atoms with E-state index in [2.05, 4.69) is 29.5 Å². The van der Waals surface area contributed by atoms with Gasteiger partial charge in [0.1, 0.15) is 0 Å². The van der Waals surface area contributed by atoms with Crippen molar-refractivity contribution in [2.75, 3.05) is 13.1 Å². The number of hydrogen-bond donors (Lipinski definition) is 2. The molecule has 0 radical (unpaired) electrons. The highest BCUT2D eigenvalue weighted by molar-refractivity contribution is 7.09. The highest BCUT2D eigenvalue weighted by Gasteiger charge is 2.08. The standard InChI is InChI=1S/C12H23N3S/c1-10-9-16-11(15-10)5-8-14-7-4-6-12(2,3)13/h9,14H,4-8,13H2,1-3H3. The van der Waals surface area contributed by atoms with E-state index in [-0.39, 0.29) is 5.54 Å². The molecule has 92 valence electrons. The number of aryl methyl sites for hydroxylation is 1. The number of rotatable bonds is 7. The predicted molar refractivity (Wildman–Crippen MR) is 70.9 cm³/mol. The lowest BCUT2D eigenvalue weighted by Crippen LogP contribution is -2.33. The maximum absolute atomic E-state index is 5.91. The van der Waals surface area contributed by atoms with E-state index >= 15 is 0 Å². The van der Waals surface area contributed by atoms with Crippen molar-refractivity contribution in [2.24, 2.45) is 5.73 Å². The molecule has 4 heteroatoms. The molecule has 1 heterocycles. The summed E-state index contributed by atoms with van der Waals surface area (Å²) >= 11 is 1.75. The number of nitrogens with zero attached hydrogens (tertiary/aromatic N) is 1. The van der Waals surface area contributed by atoms with Crippen LogP contribution < -0.4 is 11.1 Å². The monoisotopic (exact) mass is 241 g/mol. The van der Waals surface area contributed by atoms with Crippen LogP contribution in [0.3, 0.4) is 0 Å². The Kier molecular flexibility index (Phi) is 5.38. The summed E-state index contributed by atoms with van der Waals surface area (Å²) in [4.78, 5) is 4.43. The van der Waals surface area contributed by atoms with Gasteiger partial charge in [0.15, 0.2) is 0 Å². The molecule has 0 fully saturated rings. The van der Waals surface area contributed by atoms with E-state index in [1.165, 1.54) is 5.01 Å². The van der Waals surface area contributed by atoms with Crippen molar-refractivity contribution in [2.45, 2.75) is 45.6 Å². The third kappa shape index (κ3) is 6.20. The van der Waals surface area contributed by atoms with Gasteiger partial charge in [-0.15, -0.1) is 11.3 Å². The predicted octanol–water partition coefficient (Wildman–Crippen LogP) is 2.10. The van der Waals surface area contributed by atoms with E-state index in [0.29, 0.717) is 0 Å². The first-order valence-electron chi connectivity index (χ1n) is 5.88. The molecule has 1 aromatic rings.